The fourth-order valence-corrected chi connectivity index (χ4v) is 7.16. The fraction of sp³-hybridized carbons (Fsp3) is 0.395. The van der Waals surface area contributed by atoms with Gasteiger partial charge in [0, 0.05) is 49.1 Å². The maximum absolute atomic E-state index is 14.5. The summed E-state index contributed by atoms with van der Waals surface area (Å²) in [6.45, 7) is -0.325. The number of nitrogens with one attached hydrogen (secondary N) is 3. The molecule has 14 N–H and O–H groups in total. The summed E-state index contributed by atoms with van der Waals surface area (Å²) in [5.41, 5.74) is 17.4. The Hall–Kier alpha value is -5.43. The number of carbonyl (C=O) groups excluding carboxylic acids is 2. The minimum atomic E-state index is -2.12. The van der Waals surface area contributed by atoms with Gasteiger partial charge in [0.05, 0.1) is 36.8 Å². The molecule has 0 bridgehead atoms. The number of methoxy groups -OCH3 is 1. The van der Waals surface area contributed by atoms with Gasteiger partial charge in [0.25, 0.3) is 0 Å². The molecule has 0 saturated carbocycles. The van der Waals surface area contributed by atoms with Crippen molar-refractivity contribution in [1.29, 1.82) is 0 Å². The number of hydrogen-bond donors (Lipinski definition) is 11. The highest BCUT2D eigenvalue weighted by Gasteiger charge is 2.55. The number of ketones is 2. The molecule has 0 radical (unpaired) electrons. The second-order valence-corrected chi connectivity index (χ2v) is 13.7. The molecule has 6 rings (SSSR count). The number of benzene rings is 2. The largest absolute Gasteiger partial charge is 0.507 e. The molecule has 4 aliphatic rings. The molecular formula is C38H47N7O10. The number of nitrogens with zero attached hydrogens (tertiary/aromatic N) is 1. The highest BCUT2D eigenvalue weighted by Crippen LogP contribution is 2.43. The number of phenols is 1. The van der Waals surface area contributed by atoms with Crippen LogP contribution in [0.1, 0.15) is 62.2 Å². The van der Waals surface area contributed by atoms with Gasteiger partial charge in [0.1, 0.15) is 41.2 Å². The number of allylic oxidation sites excluding steroid dienone is 4. The Kier molecular flexibility index (Phi) is 11.5. The second-order valence-electron chi connectivity index (χ2n) is 13.7. The number of aliphatic hydroxyl groups is 4. The molecule has 3 heterocycles. The van der Waals surface area contributed by atoms with Gasteiger partial charge in [-0.15, -0.1) is 0 Å². The third-order valence-electron chi connectivity index (χ3n) is 10.3. The van der Waals surface area contributed by atoms with E-state index in [1.807, 2.05) is 12.2 Å². The van der Waals surface area contributed by atoms with Crippen LogP contribution in [0.5, 0.6) is 17.2 Å². The zero-order chi connectivity index (χ0) is 39.6. The monoisotopic (exact) mass is 761 g/mol. The number of carbonyl (C=O) groups is 2. The van der Waals surface area contributed by atoms with Crippen LogP contribution in [0.15, 0.2) is 70.7 Å². The number of aliphatic hydroxyl groups excluding tert-OH is 3. The van der Waals surface area contributed by atoms with E-state index in [1.165, 1.54) is 26.3 Å². The molecule has 55 heavy (non-hydrogen) atoms. The number of phenolic OH excluding ortho intramolecular Hbond substituents is 1. The summed E-state index contributed by atoms with van der Waals surface area (Å²) in [6, 6.07) is 4.23. The van der Waals surface area contributed by atoms with Crippen LogP contribution >= 0.6 is 0 Å². The van der Waals surface area contributed by atoms with Crippen molar-refractivity contribution in [3.05, 3.63) is 99.1 Å². The van der Waals surface area contributed by atoms with E-state index in [1.54, 1.807) is 24.4 Å². The fourth-order valence-electron chi connectivity index (χ4n) is 7.16. The minimum absolute atomic E-state index is 0.0285. The van der Waals surface area contributed by atoms with Gasteiger partial charge in [-0.3, -0.25) is 14.6 Å². The first-order valence-electron chi connectivity index (χ1n) is 17.7. The van der Waals surface area contributed by atoms with E-state index < -0.39 is 54.1 Å². The summed E-state index contributed by atoms with van der Waals surface area (Å²) in [5.74, 6) is -1.48. The topological polar surface area (TPSA) is 289 Å². The molecule has 2 aromatic carbocycles. The Morgan fingerprint density at radius 3 is 2.55 bits per heavy atom. The van der Waals surface area contributed by atoms with Gasteiger partial charge in [-0.05, 0) is 66.7 Å². The molecule has 0 aromatic heterocycles. The third kappa shape index (κ3) is 7.75. The molecule has 0 amide bonds. The van der Waals surface area contributed by atoms with Crippen LogP contribution in [0.4, 0.5) is 0 Å². The van der Waals surface area contributed by atoms with E-state index in [9.17, 15) is 35.1 Å². The molecule has 17 heteroatoms. The summed E-state index contributed by atoms with van der Waals surface area (Å²) in [7, 11) is 2.83. The number of rotatable bonds is 12. The van der Waals surface area contributed by atoms with Gasteiger partial charge in [0.2, 0.25) is 12.1 Å². The van der Waals surface area contributed by atoms with Crippen molar-refractivity contribution in [3.8, 4) is 17.2 Å². The average molecular weight is 762 g/mol. The van der Waals surface area contributed by atoms with Crippen LogP contribution < -0.4 is 42.6 Å². The van der Waals surface area contributed by atoms with Crippen LogP contribution in [0.3, 0.4) is 0 Å². The van der Waals surface area contributed by atoms with Crippen molar-refractivity contribution >= 4 is 17.5 Å². The number of aromatic hydroxyl groups is 1. The molecule has 1 fully saturated rings. The smallest absolute Gasteiger partial charge is 0.229 e. The average Bonchev–Trinajstić information content (AvgIpc) is 3.18. The van der Waals surface area contributed by atoms with Crippen molar-refractivity contribution in [2.75, 3.05) is 27.3 Å². The van der Waals surface area contributed by atoms with E-state index in [-0.39, 0.29) is 65.3 Å². The predicted octanol–water partition coefficient (Wildman–Crippen LogP) is -0.870. The first kappa shape index (κ1) is 39.3. The normalized spacial score (nSPS) is 26.1. The molecule has 17 nitrogen and oxygen atoms in total. The van der Waals surface area contributed by atoms with Gasteiger partial charge < -0.3 is 72.9 Å². The van der Waals surface area contributed by atoms with Gasteiger partial charge in [-0.1, -0.05) is 12.2 Å². The summed E-state index contributed by atoms with van der Waals surface area (Å²) >= 11 is 0. The lowest BCUT2D eigenvalue weighted by Gasteiger charge is -2.48. The third-order valence-corrected chi connectivity index (χ3v) is 10.3. The molecule has 6 atom stereocenters. The Morgan fingerprint density at radius 2 is 1.87 bits per heavy atom. The highest BCUT2D eigenvalue weighted by atomic mass is 16.7. The standard InChI is InChI=1S/C38H47N7O10/c1-42-37(41)45-16-24-20(5-3-19-4-6-27(39)44-15-19)12-22-30(32(24)48)33(49)29-23(31(22)47)13-21(53-2)14-25(29)54-36-34(50)35(51)38(52,26(17-46)55-36)9-7-18-8-10-43-28(40)11-18/h4,6,8,11-15,26-27,34-36,43-44,46,48,50-52H,3,5,7,9-10,16-17,39-40H2,1-2H3,(H3,41,42,45). The molecule has 3 aliphatic heterocycles. The first-order chi connectivity index (χ1) is 26.3. The van der Waals surface area contributed by atoms with Crippen molar-refractivity contribution in [2.24, 2.45) is 22.2 Å². The summed E-state index contributed by atoms with van der Waals surface area (Å²) in [5, 5.41) is 65.0. The first-order valence-corrected chi connectivity index (χ1v) is 17.7. The molecule has 2 aromatic rings. The van der Waals surface area contributed by atoms with Crippen molar-refractivity contribution in [3.63, 3.8) is 0 Å². The van der Waals surface area contributed by atoms with E-state index in [2.05, 4.69) is 20.9 Å². The molecule has 0 spiro atoms. The Balaban J connectivity index is 1.33. The zero-order valence-corrected chi connectivity index (χ0v) is 30.4. The van der Waals surface area contributed by atoms with Crippen LogP contribution in [0.2, 0.25) is 0 Å². The maximum atomic E-state index is 14.5. The number of nitrogens with two attached hydrogens (primary N) is 3. The summed E-state index contributed by atoms with van der Waals surface area (Å²) < 4.78 is 17.3. The molecular weight excluding hydrogens is 714 g/mol. The van der Waals surface area contributed by atoms with Crippen LogP contribution in [-0.4, -0.2) is 107 Å². The molecule has 294 valence electrons. The van der Waals surface area contributed by atoms with Gasteiger partial charge in [-0.25, -0.2) is 0 Å². The number of hydrogen-bond acceptors (Lipinski definition) is 15. The van der Waals surface area contributed by atoms with E-state index >= 15 is 0 Å². The summed E-state index contributed by atoms with van der Waals surface area (Å²) in [6.07, 6.45) is 2.72. The SMILES string of the molecule is CN=C(N)NCc1c(CCC2=CNC(N)C=C2)cc2c(c1O)C(=O)c1c(OC3OC(CO)C(O)(CCC4=CCNC(N)=C4)C(O)C3O)cc(OC)cc1C2=O. The van der Waals surface area contributed by atoms with Gasteiger partial charge in [-0.2, -0.15) is 0 Å². The maximum Gasteiger partial charge on any atom is 0.229 e. The number of fused-ring (bicyclic) bond motifs is 2. The Morgan fingerprint density at radius 1 is 1.11 bits per heavy atom. The number of aryl methyl sites for hydroxylation is 1. The predicted molar refractivity (Wildman–Crippen MR) is 200 cm³/mol. The van der Waals surface area contributed by atoms with Crippen LogP contribution in [-0.2, 0) is 17.7 Å². The van der Waals surface area contributed by atoms with Gasteiger partial charge >= 0.3 is 0 Å². The lowest BCUT2D eigenvalue weighted by molar-refractivity contribution is -0.314. The lowest BCUT2D eigenvalue weighted by atomic mass is 9.79. The highest BCUT2D eigenvalue weighted by molar-refractivity contribution is 6.30. The van der Waals surface area contributed by atoms with Crippen LogP contribution in [0.25, 0.3) is 0 Å². The Bertz CT molecular complexity index is 2010. The van der Waals surface area contributed by atoms with E-state index in [4.69, 9.17) is 31.4 Å². The molecule has 1 saturated heterocycles. The quantitative estimate of drug-likeness (QED) is 0.0790. The second kappa shape index (κ2) is 16.1. The number of dihydropyridines is 2. The Labute approximate surface area is 316 Å². The number of ether oxygens (including phenoxy) is 3. The summed E-state index contributed by atoms with van der Waals surface area (Å²) in [4.78, 5) is 32.6. The molecule has 6 unspecified atom stereocenters. The zero-order valence-electron chi connectivity index (χ0n) is 30.4. The van der Waals surface area contributed by atoms with Crippen LogP contribution in [0, 0.1) is 0 Å². The lowest BCUT2D eigenvalue weighted by Crippen LogP contribution is -2.67. The van der Waals surface area contributed by atoms with Crippen molar-refractivity contribution in [2.45, 2.75) is 68.6 Å². The minimum Gasteiger partial charge on any atom is -0.507 e. The van der Waals surface area contributed by atoms with Crippen molar-refractivity contribution in [1.82, 2.24) is 16.0 Å². The number of guanidine groups is 1. The van der Waals surface area contributed by atoms with E-state index in [0.29, 0.717) is 36.3 Å². The molecule has 1 aliphatic carbocycles. The number of aliphatic imine (C=N–C) groups is 1. The van der Waals surface area contributed by atoms with Gasteiger partial charge in [0.15, 0.2) is 11.7 Å². The van der Waals surface area contributed by atoms with E-state index in [0.717, 1.165) is 11.1 Å². The van der Waals surface area contributed by atoms with Crippen molar-refractivity contribution < 1.29 is 49.3 Å².